The summed E-state index contributed by atoms with van der Waals surface area (Å²) in [5.74, 6) is 0.359. The van der Waals surface area contributed by atoms with Crippen molar-refractivity contribution in [1.82, 2.24) is 19.6 Å². The summed E-state index contributed by atoms with van der Waals surface area (Å²) in [7, 11) is 0. The number of rotatable bonds is 3. The van der Waals surface area contributed by atoms with Crippen LogP contribution in [-0.2, 0) is 0 Å². The van der Waals surface area contributed by atoms with Gasteiger partial charge in [-0.05, 0) is 31.2 Å². The topological polar surface area (TPSA) is 67.7 Å². The van der Waals surface area contributed by atoms with Gasteiger partial charge in [-0.25, -0.2) is 9.48 Å². The molecule has 1 aliphatic heterocycles. The van der Waals surface area contributed by atoms with E-state index in [1.54, 1.807) is 32.7 Å². The van der Waals surface area contributed by atoms with Gasteiger partial charge in [-0.3, -0.25) is 4.79 Å². The fourth-order valence-electron chi connectivity index (χ4n) is 3.31. The van der Waals surface area contributed by atoms with Gasteiger partial charge in [-0.1, -0.05) is 36.4 Å². The molecule has 7 nitrogen and oxygen atoms in total. The Morgan fingerprint density at radius 3 is 2.10 bits per heavy atom. The summed E-state index contributed by atoms with van der Waals surface area (Å²) in [6.45, 7) is 3.65. The Labute approximate surface area is 169 Å². The average Bonchev–Trinajstić information content (AvgIpc) is 3.14. The van der Waals surface area contributed by atoms with E-state index < -0.39 is 6.09 Å². The highest BCUT2D eigenvalue weighted by Crippen LogP contribution is 2.20. The lowest BCUT2D eigenvalue weighted by Crippen LogP contribution is -2.51. The molecule has 2 aromatic carbocycles. The summed E-state index contributed by atoms with van der Waals surface area (Å²) in [5.41, 5.74) is 2.24. The molecule has 0 spiro atoms. The molecule has 1 fully saturated rings. The Kier molecular flexibility index (Phi) is 5.29. The highest BCUT2D eigenvalue weighted by Gasteiger charge is 2.26. The smallest absolute Gasteiger partial charge is 0.391 e. The van der Waals surface area contributed by atoms with Gasteiger partial charge in [0.2, 0.25) is 5.88 Å². The van der Waals surface area contributed by atoms with Crippen molar-refractivity contribution in [2.24, 2.45) is 0 Å². The molecular formula is C22H22N4O3. The predicted molar refractivity (Wildman–Crippen MR) is 108 cm³/mol. The summed E-state index contributed by atoms with van der Waals surface area (Å²) in [4.78, 5) is 28.6. The monoisotopic (exact) mass is 390 g/mol. The molecule has 7 heteroatoms. The van der Waals surface area contributed by atoms with Crippen molar-refractivity contribution in [1.29, 1.82) is 0 Å². The lowest BCUT2D eigenvalue weighted by Gasteiger charge is -2.34. The maximum absolute atomic E-state index is 12.7. The minimum Gasteiger partial charge on any atom is -0.391 e. The minimum absolute atomic E-state index is 0.0172. The summed E-state index contributed by atoms with van der Waals surface area (Å²) < 4.78 is 7.24. The van der Waals surface area contributed by atoms with Crippen molar-refractivity contribution in [2.45, 2.75) is 6.92 Å². The van der Waals surface area contributed by atoms with E-state index in [0.29, 0.717) is 37.6 Å². The van der Waals surface area contributed by atoms with Crippen molar-refractivity contribution in [3.05, 3.63) is 78.0 Å². The van der Waals surface area contributed by atoms with E-state index in [1.807, 2.05) is 55.5 Å². The first-order valence-electron chi connectivity index (χ1n) is 9.55. The number of aryl methyl sites for hydroxylation is 1. The molecule has 2 heterocycles. The third-order valence-electron chi connectivity index (χ3n) is 4.84. The number of hydrogen-bond acceptors (Lipinski definition) is 4. The lowest BCUT2D eigenvalue weighted by molar-refractivity contribution is 0.0631. The van der Waals surface area contributed by atoms with Gasteiger partial charge in [0.15, 0.2) is 0 Å². The molecule has 29 heavy (non-hydrogen) atoms. The van der Waals surface area contributed by atoms with Crippen LogP contribution in [0.25, 0.3) is 5.69 Å². The maximum atomic E-state index is 12.7. The number of carbonyl (C=O) groups is 2. The zero-order chi connectivity index (χ0) is 20.2. The predicted octanol–water partition coefficient (Wildman–Crippen LogP) is 3.14. The number of benzene rings is 2. The van der Waals surface area contributed by atoms with Crippen LogP contribution in [0.5, 0.6) is 5.88 Å². The number of amides is 2. The second kappa shape index (κ2) is 8.18. The summed E-state index contributed by atoms with van der Waals surface area (Å²) in [5, 5.41) is 4.42. The molecule has 0 unspecified atom stereocenters. The van der Waals surface area contributed by atoms with Crippen LogP contribution in [0.2, 0.25) is 0 Å². The van der Waals surface area contributed by atoms with E-state index >= 15 is 0 Å². The zero-order valence-electron chi connectivity index (χ0n) is 16.2. The van der Waals surface area contributed by atoms with Crippen LogP contribution in [0, 0.1) is 6.92 Å². The quantitative estimate of drug-likeness (QED) is 0.689. The van der Waals surface area contributed by atoms with E-state index in [9.17, 15) is 9.59 Å². The largest absolute Gasteiger partial charge is 0.416 e. The molecule has 0 radical (unpaired) electrons. The number of para-hydroxylation sites is 1. The summed E-state index contributed by atoms with van der Waals surface area (Å²) in [6.07, 6.45) is -0.436. The molecule has 2 amide bonds. The molecule has 0 aliphatic carbocycles. The van der Waals surface area contributed by atoms with E-state index in [-0.39, 0.29) is 5.91 Å². The number of nitrogens with zero attached hydrogens (tertiary/aromatic N) is 4. The first kappa shape index (κ1) is 18.7. The summed E-state index contributed by atoms with van der Waals surface area (Å²) in [6, 6.07) is 20.4. The molecule has 148 valence electrons. The van der Waals surface area contributed by atoms with Gasteiger partial charge >= 0.3 is 6.09 Å². The Morgan fingerprint density at radius 1 is 0.862 bits per heavy atom. The zero-order valence-corrected chi connectivity index (χ0v) is 16.2. The van der Waals surface area contributed by atoms with Gasteiger partial charge in [0.1, 0.15) is 0 Å². The van der Waals surface area contributed by atoms with Gasteiger partial charge in [-0.2, -0.15) is 5.10 Å². The number of piperazine rings is 1. The summed E-state index contributed by atoms with van der Waals surface area (Å²) >= 11 is 0. The molecule has 1 aliphatic rings. The lowest BCUT2D eigenvalue weighted by atomic mass is 10.2. The standard InChI is InChI=1S/C22H22N4O3/c1-17-16-20(26(23-17)19-10-6-3-7-11-19)29-22(28)25-14-12-24(13-15-25)21(27)18-8-4-2-5-9-18/h2-11,16H,12-15H2,1H3. The van der Waals surface area contributed by atoms with Crippen LogP contribution in [0.3, 0.4) is 0 Å². The molecule has 0 saturated carbocycles. The first-order chi connectivity index (χ1) is 14.1. The molecule has 1 aromatic heterocycles. The maximum Gasteiger partial charge on any atom is 0.416 e. The van der Waals surface area contributed by atoms with Gasteiger partial charge in [-0.15, -0.1) is 0 Å². The van der Waals surface area contributed by atoms with Crippen molar-refractivity contribution in [2.75, 3.05) is 26.2 Å². The number of hydrogen-bond donors (Lipinski definition) is 0. The van der Waals surface area contributed by atoms with Crippen LogP contribution in [0.15, 0.2) is 66.7 Å². The van der Waals surface area contributed by atoms with E-state index in [1.165, 1.54) is 0 Å². The highest BCUT2D eigenvalue weighted by atomic mass is 16.6. The number of aromatic nitrogens is 2. The van der Waals surface area contributed by atoms with Crippen molar-refractivity contribution >= 4 is 12.0 Å². The van der Waals surface area contributed by atoms with Crippen molar-refractivity contribution in [3.63, 3.8) is 0 Å². The minimum atomic E-state index is -0.436. The molecular weight excluding hydrogens is 368 g/mol. The van der Waals surface area contributed by atoms with Gasteiger partial charge in [0.05, 0.1) is 11.4 Å². The van der Waals surface area contributed by atoms with Crippen LogP contribution in [-0.4, -0.2) is 57.8 Å². The second-order valence-corrected chi connectivity index (χ2v) is 6.88. The molecule has 1 saturated heterocycles. The highest BCUT2D eigenvalue weighted by molar-refractivity contribution is 5.94. The number of ether oxygens (including phenoxy) is 1. The molecule has 3 aromatic rings. The van der Waals surface area contributed by atoms with Crippen LogP contribution < -0.4 is 4.74 Å². The molecule has 0 atom stereocenters. The van der Waals surface area contributed by atoms with Crippen LogP contribution in [0.4, 0.5) is 4.79 Å². The fourth-order valence-corrected chi connectivity index (χ4v) is 3.31. The van der Waals surface area contributed by atoms with Crippen LogP contribution >= 0.6 is 0 Å². The van der Waals surface area contributed by atoms with E-state index in [2.05, 4.69) is 5.10 Å². The second-order valence-electron chi connectivity index (χ2n) is 6.88. The van der Waals surface area contributed by atoms with Gasteiger partial charge < -0.3 is 14.5 Å². The van der Waals surface area contributed by atoms with Gasteiger partial charge in [0.25, 0.3) is 5.91 Å². The van der Waals surface area contributed by atoms with Crippen LogP contribution in [0.1, 0.15) is 16.1 Å². The van der Waals surface area contributed by atoms with Gasteiger partial charge in [0, 0.05) is 37.8 Å². The molecule has 0 N–H and O–H groups in total. The van der Waals surface area contributed by atoms with Crippen molar-refractivity contribution in [3.8, 4) is 11.6 Å². The van der Waals surface area contributed by atoms with Crippen molar-refractivity contribution < 1.29 is 14.3 Å². The normalized spacial score (nSPS) is 14.0. The number of carbonyl (C=O) groups excluding carboxylic acids is 2. The van der Waals surface area contributed by atoms with E-state index in [0.717, 1.165) is 11.4 Å². The Balaban J connectivity index is 1.39. The third-order valence-corrected chi connectivity index (χ3v) is 4.84. The Morgan fingerprint density at radius 2 is 1.45 bits per heavy atom. The molecule has 4 rings (SSSR count). The third kappa shape index (κ3) is 4.13. The molecule has 0 bridgehead atoms. The Hall–Kier alpha value is -3.61. The fraction of sp³-hybridized carbons (Fsp3) is 0.227. The van der Waals surface area contributed by atoms with E-state index in [4.69, 9.17) is 4.74 Å². The first-order valence-corrected chi connectivity index (χ1v) is 9.55. The average molecular weight is 390 g/mol. The Bertz CT molecular complexity index is 993. The SMILES string of the molecule is Cc1cc(OC(=O)N2CCN(C(=O)c3ccccc3)CC2)n(-c2ccccc2)n1.